The van der Waals surface area contributed by atoms with Crippen LogP contribution in [0.2, 0.25) is 0 Å². The molecule has 0 heterocycles. The Kier molecular flexibility index (Phi) is 6.36. The van der Waals surface area contributed by atoms with E-state index in [9.17, 15) is 4.79 Å². The van der Waals surface area contributed by atoms with E-state index in [-0.39, 0.29) is 11.9 Å². The summed E-state index contributed by atoms with van der Waals surface area (Å²) in [6.07, 6.45) is 0. The topological polar surface area (TPSA) is 50.4 Å². The van der Waals surface area contributed by atoms with Gasteiger partial charge in [0.2, 0.25) is 5.91 Å². The van der Waals surface area contributed by atoms with Crippen LogP contribution in [0.15, 0.2) is 24.3 Å². The summed E-state index contributed by atoms with van der Waals surface area (Å²) in [6, 6.07) is 7.79. The third kappa shape index (κ3) is 6.25. The van der Waals surface area contributed by atoms with E-state index in [0.29, 0.717) is 24.8 Å². The zero-order chi connectivity index (χ0) is 14.3. The SMILES string of the molecule is CC(C)COc1ccccc1NC(=O)CNC(C)C. The lowest BCUT2D eigenvalue weighted by Gasteiger charge is -2.14. The van der Waals surface area contributed by atoms with Gasteiger partial charge in [-0.15, -0.1) is 0 Å². The maximum atomic E-state index is 11.8. The Morgan fingerprint density at radius 1 is 1.21 bits per heavy atom. The van der Waals surface area contributed by atoms with Gasteiger partial charge in [-0.3, -0.25) is 4.79 Å². The second kappa shape index (κ2) is 7.79. The highest BCUT2D eigenvalue weighted by atomic mass is 16.5. The van der Waals surface area contributed by atoms with Crippen molar-refractivity contribution in [2.24, 2.45) is 5.92 Å². The van der Waals surface area contributed by atoms with Crippen LogP contribution in [0.3, 0.4) is 0 Å². The summed E-state index contributed by atoms with van der Waals surface area (Å²) in [4.78, 5) is 11.8. The van der Waals surface area contributed by atoms with Crippen molar-refractivity contribution in [1.82, 2.24) is 5.32 Å². The van der Waals surface area contributed by atoms with E-state index >= 15 is 0 Å². The van der Waals surface area contributed by atoms with Gasteiger partial charge in [0.1, 0.15) is 5.75 Å². The van der Waals surface area contributed by atoms with Crippen molar-refractivity contribution in [3.8, 4) is 5.75 Å². The number of nitrogens with one attached hydrogen (secondary N) is 2. The third-order valence-electron chi connectivity index (χ3n) is 2.40. The number of carbonyl (C=O) groups excluding carboxylic acids is 1. The van der Waals surface area contributed by atoms with Crippen molar-refractivity contribution in [1.29, 1.82) is 0 Å². The molecule has 1 rings (SSSR count). The molecule has 4 heteroatoms. The number of rotatable bonds is 7. The lowest BCUT2D eigenvalue weighted by molar-refractivity contribution is -0.115. The Labute approximate surface area is 115 Å². The molecule has 0 spiro atoms. The van der Waals surface area contributed by atoms with Crippen molar-refractivity contribution >= 4 is 11.6 Å². The highest BCUT2D eigenvalue weighted by Crippen LogP contribution is 2.24. The number of benzene rings is 1. The summed E-state index contributed by atoms with van der Waals surface area (Å²) < 4.78 is 5.69. The van der Waals surface area contributed by atoms with Crippen LogP contribution in [0.4, 0.5) is 5.69 Å². The molecular weight excluding hydrogens is 240 g/mol. The summed E-state index contributed by atoms with van der Waals surface area (Å²) >= 11 is 0. The summed E-state index contributed by atoms with van der Waals surface area (Å²) in [5, 5.41) is 5.95. The number of carbonyl (C=O) groups is 1. The minimum absolute atomic E-state index is 0.0608. The number of para-hydroxylation sites is 2. The zero-order valence-electron chi connectivity index (χ0n) is 12.2. The molecule has 0 saturated heterocycles. The molecule has 0 saturated carbocycles. The van der Waals surface area contributed by atoms with Crippen LogP contribution >= 0.6 is 0 Å². The second-order valence-corrected chi connectivity index (χ2v) is 5.28. The number of amides is 1. The molecule has 0 unspecified atom stereocenters. The van der Waals surface area contributed by atoms with Crippen molar-refractivity contribution < 1.29 is 9.53 Å². The predicted molar refractivity (Wildman–Crippen MR) is 78.5 cm³/mol. The Balaban J connectivity index is 2.59. The predicted octanol–water partition coefficient (Wildman–Crippen LogP) is 2.66. The van der Waals surface area contributed by atoms with E-state index in [1.54, 1.807) is 0 Å². The standard InChI is InChI=1S/C15H24N2O2/c1-11(2)10-19-14-8-6-5-7-13(14)17-15(18)9-16-12(3)4/h5-8,11-12,16H,9-10H2,1-4H3,(H,17,18). The van der Waals surface area contributed by atoms with E-state index in [1.807, 2.05) is 38.1 Å². The van der Waals surface area contributed by atoms with Gasteiger partial charge < -0.3 is 15.4 Å². The van der Waals surface area contributed by atoms with E-state index in [4.69, 9.17) is 4.74 Å². The summed E-state index contributed by atoms with van der Waals surface area (Å²) in [6.45, 7) is 9.13. The molecule has 2 N–H and O–H groups in total. The summed E-state index contributed by atoms with van der Waals surface area (Å²) in [5.74, 6) is 1.11. The first-order valence-corrected chi connectivity index (χ1v) is 6.74. The Bertz CT molecular complexity index is 403. The van der Waals surface area contributed by atoms with Gasteiger partial charge in [-0.2, -0.15) is 0 Å². The number of hydrogen-bond donors (Lipinski definition) is 2. The molecule has 1 aromatic carbocycles. The molecule has 4 nitrogen and oxygen atoms in total. The highest BCUT2D eigenvalue weighted by molar-refractivity contribution is 5.93. The fourth-order valence-corrected chi connectivity index (χ4v) is 1.44. The van der Waals surface area contributed by atoms with Gasteiger partial charge in [-0.05, 0) is 18.1 Å². The van der Waals surface area contributed by atoms with Gasteiger partial charge in [-0.1, -0.05) is 39.8 Å². The average Bonchev–Trinajstić information content (AvgIpc) is 2.35. The Hall–Kier alpha value is -1.55. The van der Waals surface area contributed by atoms with Crippen LogP contribution in [0.25, 0.3) is 0 Å². The van der Waals surface area contributed by atoms with Crippen LogP contribution < -0.4 is 15.4 Å². The minimum Gasteiger partial charge on any atom is -0.491 e. The summed E-state index contributed by atoms with van der Waals surface area (Å²) in [7, 11) is 0. The van der Waals surface area contributed by atoms with Crippen molar-refractivity contribution in [2.75, 3.05) is 18.5 Å². The Morgan fingerprint density at radius 3 is 2.53 bits per heavy atom. The maximum Gasteiger partial charge on any atom is 0.238 e. The quantitative estimate of drug-likeness (QED) is 0.796. The van der Waals surface area contributed by atoms with E-state index in [1.165, 1.54) is 0 Å². The van der Waals surface area contributed by atoms with E-state index < -0.39 is 0 Å². The fourth-order valence-electron chi connectivity index (χ4n) is 1.44. The smallest absolute Gasteiger partial charge is 0.238 e. The van der Waals surface area contributed by atoms with Gasteiger partial charge in [0, 0.05) is 6.04 Å². The molecule has 1 aromatic rings. The van der Waals surface area contributed by atoms with Crippen LogP contribution in [0.5, 0.6) is 5.75 Å². The zero-order valence-corrected chi connectivity index (χ0v) is 12.2. The maximum absolute atomic E-state index is 11.8. The molecular formula is C15H24N2O2. The fraction of sp³-hybridized carbons (Fsp3) is 0.533. The number of ether oxygens (including phenoxy) is 1. The van der Waals surface area contributed by atoms with Gasteiger partial charge >= 0.3 is 0 Å². The molecule has 0 aromatic heterocycles. The minimum atomic E-state index is -0.0608. The first kappa shape index (κ1) is 15.5. The van der Waals surface area contributed by atoms with Gasteiger partial charge in [0.05, 0.1) is 18.8 Å². The molecule has 0 radical (unpaired) electrons. The van der Waals surface area contributed by atoms with E-state index in [0.717, 1.165) is 5.69 Å². The highest BCUT2D eigenvalue weighted by Gasteiger charge is 2.08. The first-order valence-electron chi connectivity index (χ1n) is 6.74. The molecule has 0 bridgehead atoms. The second-order valence-electron chi connectivity index (χ2n) is 5.28. The van der Waals surface area contributed by atoms with Crippen molar-refractivity contribution in [2.45, 2.75) is 33.7 Å². The molecule has 0 fully saturated rings. The Morgan fingerprint density at radius 2 is 1.89 bits per heavy atom. The van der Waals surface area contributed by atoms with E-state index in [2.05, 4.69) is 24.5 Å². The first-order chi connectivity index (χ1) is 8.99. The van der Waals surface area contributed by atoms with Crippen LogP contribution in [-0.4, -0.2) is 25.1 Å². The largest absolute Gasteiger partial charge is 0.491 e. The number of hydrogen-bond acceptors (Lipinski definition) is 3. The third-order valence-corrected chi connectivity index (χ3v) is 2.40. The lowest BCUT2D eigenvalue weighted by atomic mass is 10.2. The van der Waals surface area contributed by atoms with Crippen LogP contribution in [-0.2, 0) is 4.79 Å². The van der Waals surface area contributed by atoms with Crippen molar-refractivity contribution in [3.05, 3.63) is 24.3 Å². The van der Waals surface area contributed by atoms with Crippen LogP contribution in [0, 0.1) is 5.92 Å². The number of anilines is 1. The van der Waals surface area contributed by atoms with Gasteiger partial charge in [0.25, 0.3) is 0 Å². The monoisotopic (exact) mass is 264 g/mol. The lowest BCUT2D eigenvalue weighted by Crippen LogP contribution is -2.32. The van der Waals surface area contributed by atoms with Crippen LogP contribution in [0.1, 0.15) is 27.7 Å². The normalized spacial score (nSPS) is 10.8. The molecule has 0 atom stereocenters. The van der Waals surface area contributed by atoms with Gasteiger partial charge in [0.15, 0.2) is 0 Å². The molecule has 0 aliphatic carbocycles. The van der Waals surface area contributed by atoms with Crippen molar-refractivity contribution in [3.63, 3.8) is 0 Å². The molecule has 0 aliphatic rings. The molecule has 1 amide bonds. The molecule has 106 valence electrons. The summed E-state index contributed by atoms with van der Waals surface area (Å²) in [5.41, 5.74) is 0.721. The molecule has 0 aliphatic heterocycles. The average molecular weight is 264 g/mol. The molecule has 19 heavy (non-hydrogen) atoms. The van der Waals surface area contributed by atoms with Gasteiger partial charge in [-0.25, -0.2) is 0 Å².